The molecule has 0 saturated heterocycles. The molecule has 0 aliphatic rings. The summed E-state index contributed by atoms with van der Waals surface area (Å²) in [6.45, 7) is 2.21. The first-order valence-electron chi connectivity index (χ1n) is 7.72. The molecular formula is C18H22ClN3O. The molecule has 0 aliphatic heterocycles. The zero-order valence-corrected chi connectivity index (χ0v) is 14.1. The molecule has 0 saturated carbocycles. The highest BCUT2D eigenvalue weighted by atomic mass is 35.5. The molecule has 4 nitrogen and oxygen atoms in total. The Bertz CT molecular complexity index is 601. The first-order chi connectivity index (χ1) is 11.1. The number of benzene rings is 1. The largest absolute Gasteiger partial charge is 0.352 e. The number of amides is 1. The van der Waals surface area contributed by atoms with Gasteiger partial charge in [0, 0.05) is 43.5 Å². The lowest BCUT2D eigenvalue weighted by molar-refractivity contribution is -0.121. The number of nitrogens with one attached hydrogen (secondary N) is 1. The molecule has 23 heavy (non-hydrogen) atoms. The minimum absolute atomic E-state index is 0.0655. The molecule has 1 aromatic carbocycles. The number of aromatic nitrogens is 1. The Balaban J connectivity index is 1.62. The molecule has 2 rings (SSSR count). The van der Waals surface area contributed by atoms with E-state index >= 15 is 0 Å². The maximum Gasteiger partial charge on any atom is 0.221 e. The number of hydrogen-bond donors (Lipinski definition) is 1. The Labute approximate surface area is 142 Å². The van der Waals surface area contributed by atoms with Crippen molar-refractivity contribution in [3.8, 4) is 0 Å². The number of pyridine rings is 1. The van der Waals surface area contributed by atoms with Gasteiger partial charge in [0.05, 0.1) is 0 Å². The highest BCUT2D eigenvalue weighted by molar-refractivity contribution is 6.30. The van der Waals surface area contributed by atoms with Gasteiger partial charge in [-0.1, -0.05) is 23.7 Å². The smallest absolute Gasteiger partial charge is 0.221 e. The molecule has 0 aliphatic carbocycles. The van der Waals surface area contributed by atoms with Gasteiger partial charge in [0.1, 0.15) is 0 Å². The van der Waals surface area contributed by atoms with Crippen LogP contribution in [0.25, 0.3) is 0 Å². The summed E-state index contributed by atoms with van der Waals surface area (Å²) in [7, 11) is 2.04. The molecule has 5 heteroatoms. The molecule has 0 fully saturated rings. The van der Waals surface area contributed by atoms with Crippen LogP contribution in [0.5, 0.6) is 0 Å². The fourth-order valence-corrected chi connectivity index (χ4v) is 2.29. The second-order valence-electron chi connectivity index (χ2n) is 5.56. The van der Waals surface area contributed by atoms with E-state index in [4.69, 9.17) is 11.6 Å². The quantitative estimate of drug-likeness (QED) is 0.809. The Morgan fingerprint density at radius 3 is 2.48 bits per heavy atom. The fourth-order valence-electron chi connectivity index (χ4n) is 2.16. The molecule has 122 valence electrons. The summed E-state index contributed by atoms with van der Waals surface area (Å²) in [6.07, 6.45) is 5.07. The first kappa shape index (κ1) is 17.4. The third-order valence-corrected chi connectivity index (χ3v) is 3.91. The molecule has 1 amide bonds. The van der Waals surface area contributed by atoms with Crippen LogP contribution < -0.4 is 5.32 Å². The van der Waals surface area contributed by atoms with Gasteiger partial charge in [0.15, 0.2) is 0 Å². The van der Waals surface area contributed by atoms with Crippen molar-refractivity contribution in [3.05, 3.63) is 64.9 Å². The van der Waals surface area contributed by atoms with Gasteiger partial charge in [0.25, 0.3) is 0 Å². The fraction of sp³-hybridized carbons (Fsp3) is 0.333. The van der Waals surface area contributed by atoms with Gasteiger partial charge < -0.3 is 10.2 Å². The topological polar surface area (TPSA) is 45.2 Å². The molecule has 0 atom stereocenters. The summed E-state index contributed by atoms with van der Waals surface area (Å²) in [5.74, 6) is 0.0655. The van der Waals surface area contributed by atoms with E-state index in [1.165, 1.54) is 5.56 Å². The van der Waals surface area contributed by atoms with Crippen LogP contribution in [0.4, 0.5) is 0 Å². The molecule has 0 bridgehead atoms. The Kier molecular flexibility index (Phi) is 7.04. The second kappa shape index (κ2) is 9.28. The molecule has 1 N–H and O–H groups in total. The maximum atomic E-state index is 11.9. The zero-order valence-electron chi connectivity index (χ0n) is 13.3. The average molecular weight is 332 g/mol. The summed E-state index contributed by atoms with van der Waals surface area (Å²) < 4.78 is 0. The molecule has 2 aromatic rings. The highest BCUT2D eigenvalue weighted by Gasteiger charge is 2.05. The van der Waals surface area contributed by atoms with Crippen LogP contribution in [0.1, 0.15) is 17.5 Å². The van der Waals surface area contributed by atoms with Gasteiger partial charge in [-0.2, -0.15) is 0 Å². The third-order valence-electron chi connectivity index (χ3n) is 3.66. The van der Waals surface area contributed by atoms with Crippen LogP contribution in [0.2, 0.25) is 5.02 Å². The summed E-state index contributed by atoms with van der Waals surface area (Å²) in [6, 6.07) is 11.5. The molecule has 0 spiro atoms. The van der Waals surface area contributed by atoms with E-state index in [1.54, 1.807) is 12.4 Å². The Morgan fingerprint density at radius 2 is 1.78 bits per heavy atom. The van der Waals surface area contributed by atoms with Crippen molar-refractivity contribution < 1.29 is 4.79 Å². The maximum absolute atomic E-state index is 11.9. The number of hydrogen-bond acceptors (Lipinski definition) is 3. The minimum atomic E-state index is 0.0655. The summed E-state index contributed by atoms with van der Waals surface area (Å²) in [5.41, 5.74) is 2.31. The molecule has 1 aromatic heterocycles. The lowest BCUT2D eigenvalue weighted by Crippen LogP contribution is -2.29. The Hall–Kier alpha value is -1.91. The molecule has 0 radical (unpaired) electrons. The number of carbonyl (C=O) groups excluding carboxylic acids is 1. The normalized spacial score (nSPS) is 10.7. The standard InChI is InChI=1S/C18H22ClN3O/c1-22(12-8-15-6-10-20-11-7-15)13-9-18(23)21-14-16-2-4-17(19)5-3-16/h2-7,10-11H,8-9,12-14H2,1H3,(H,21,23). The van der Waals surface area contributed by atoms with Gasteiger partial charge in [-0.05, 0) is 48.9 Å². The predicted molar refractivity (Wildman–Crippen MR) is 93.4 cm³/mol. The summed E-state index contributed by atoms with van der Waals surface area (Å²) in [4.78, 5) is 18.1. The van der Waals surface area contributed by atoms with Crippen LogP contribution in [-0.4, -0.2) is 35.9 Å². The van der Waals surface area contributed by atoms with Crippen molar-refractivity contribution in [3.63, 3.8) is 0 Å². The van der Waals surface area contributed by atoms with Crippen LogP contribution in [0, 0.1) is 0 Å². The van der Waals surface area contributed by atoms with E-state index in [0.717, 1.165) is 25.1 Å². The number of rotatable bonds is 8. The zero-order chi connectivity index (χ0) is 16.5. The van der Waals surface area contributed by atoms with Crippen LogP contribution in [0.15, 0.2) is 48.8 Å². The van der Waals surface area contributed by atoms with E-state index < -0.39 is 0 Å². The van der Waals surface area contributed by atoms with Gasteiger partial charge in [0.2, 0.25) is 5.91 Å². The molecule has 1 heterocycles. The van der Waals surface area contributed by atoms with Crippen LogP contribution in [-0.2, 0) is 17.8 Å². The number of likely N-dealkylation sites (N-methyl/N-ethyl adjacent to an activating group) is 1. The number of nitrogens with zero attached hydrogens (tertiary/aromatic N) is 2. The van der Waals surface area contributed by atoms with Gasteiger partial charge >= 0.3 is 0 Å². The van der Waals surface area contributed by atoms with E-state index in [1.807, 2.05) is 43.4 Å². The van der Waals surface area contributed by atoms with Crippen molar-refractivity contribution in [2.45, 2.75) is 19.4 Å². The van der Waals surface area contributed by atoms with Crippen molar-refractivity contribution in [2.24, 2.45) is 0 Å². The van der Waals surface area contributed by atoms with Gasteiger partial charge in [-0.15, -0.1) is 0 Å². The number of halogens is 1. The van der Waals surface area contributed by atoms with E-state index in [-0.39, 0.29) is 5.91 Å². The minimum Gasteiger partial charge on any atom is -0.352 e. The number of carbonyl (C=O) groups is 1. The summed E-state index contributed by atoms with van der Waals surface area (Å²) >= 11 is 5.84. The van der Waals surface area contributed by atoms with Gasteiger partial charge in [-0.25, -0.2) is 0 Å². The van der Waals surface area contributed by atoms with Gasteiger partial charge in [-0.3, -0.25) is 9.78 Å². The van der Waals surface area contributed by atoms with Crippen molar-refractivity contribution in [1.29, 1.82) is 0 Å². The predicted octanol–water partition coefficient (Wildman–Crippen LogP) is 2.92. The third kappa shape index (κ3) is 6.80. The van der Waals surface area contributed by atoms with E-state index in [9.17, 15) is 4.79 Å². The second-order valence-corrected chi connectivity index (χ2v) is 6.00. The SMILES string of the molecule is CN(CCC(=O)NCc1ccc(Cl)cc1)CCc1ccncc1. The summed E-state index contributed by atoms with van der Waals surface area (Å²) in [5, 5.41) is 3.64. The van der Waals surface area contributed by atoms with E-state index in [0.29, 0.717) is 18.0 Å². The molecule has 0 unspecified atom stereocenters. The monoisotopic (exact) mass is 331 g/mol. The lowest BCUT2D eigenvalue weighted by Gasteiger charge is -2.16. The van der Waals surface area contributed by atoms with Crippen molar-refractivity contribution in [2.75, 3.05) is 20.1 Å². The van der Waals surface area contributed by atoms with Crippen LogP contribution in [0.3, 0.4) is 0 Å². The van der Waals surface area contributed by atoms with E-state index in [2.05, 4.69) is 15.2 Å². The Morgan fingerprint density at radius 1 is 1.09 bits per heavy atom. The highest BCUT2D eigenvalue weighted by Crippen LogP contribution is 2.09. The lowest BCUT2D eigenvalue weighted by atomic mass is 10.2. The average Bonchev–Trinajstić information content (AvgIpc) is 2.58. The van der Waals surface area contributed by atoms with Crippen LogP contribution >= 0.6 is 11.6 Å². The molecular weight excluding hydrogens is 310 g/mol. The van der Waals surface area contributed by atoms with Crippen molar-refractivity contribution >= 4 is 17.5 Å². The van der Waals surface area contributed by atoms with Crippen molar-refractivity contribution in [1.82, 2.24) is 15.2 Å². The first-order valence-corrected chi connectivity index (χ1v) is 8.10.